The molecule has 3 aromatic rings. The number of thioether (sulfide) groups is 3. The van der Waals surface area contributed by atoms with Gasteiger partial charge in [-0.1, -0.05) is 66.8 Å². The molecule has 180 valence electrons. The lowest BCUT2D eigenvalue weighted by Gasteiger charge is -2.25. The largest absolute Gasteiger partial charge is 0.311 e. The molecule has 5 heteroatoms. The van der Waals surface area contributed by atoms with Gasteiger partial charge in [0.05, 0.1) is 0 Å². The molecule has 3 heterocycles. The highest BCUT2D eigenvalue weighted by atomic mass is 32.2. The van der Waals surface area contributed by atoms with E-state index in [2.05, 4.69) is 108 Å². The Morgan fingerprint density at radius 3 is 1.81 bits per heavy atom. The predicted octanol–water partition coefficient (Wildman–Crippen LogP) is 9.20. The molecule has 3 aliphatic rings. The maximum absolute atomic E-state index is 11.1. The summed E-state index contributed by atoms with van der Waals surface area (Å²) in [4.78, 5) is 17.2. The molecular formula is C31H27NOS3. The Morgan fingerprint density at radius 1 is 0.611 bits per heavy atom. The Bertz CT molecular complexity index is 1280. The van der Waals surface area contributed by atoms with Crippen molar-refractivity contribution >= 4 is 58.6 Å². The van der Waals surface area contributed by atoms with Crippen LogP contribution in [0.3, 0.4) is 0 Å². The first-order chi connectivity index (χ1) is 17.8. The Kier molecular flexibility index (Phi) is 7.13. The topological polar surface area (TPSA) is 20.3 Å². The van der Waals surface area contributed by atoms with Crippen LogP contribution >= 0.6 is 35.3 Å². The molecule has 0 saturated heterocycles. The van der Waals surface area contributed by atoms with E-state index in [-0.39, 0.29) is 0 Å². The van der Waals surface area contributed by atoms with Crippen LogP contribution in [0.1, 0.15) is 30.1 Å². The van der Waals surface area contributed by atoms with Crippen LogP contribution in [0.25, 0.3) is 0 Å². The van der Waals surface area contributed by atoms with E-state index in [0.717, 1.165) is 41.8 Å². The summed E-state index contributed by atoms with van der Waals surface area (Å²) in [5, 5.41) is 1.55. The molecule has 0 N–H and O–H groups in total. The lowest BCUT2D eigenvalue weighted by molar-refractivity contribution is -0.104. The highest BCUT2D eigenvalue weighted by Gasteiger charge is 2.33. The molecule has 0 aromatic heterocycles. The van der Waals surface area contributed by atoms with E-state index in [1.54, 1.807) is 11.8 Å². The summed E-state index contributed by atoms with van der Waals surface area (Å²) in [5.41, 5.74) is 4.86. The van der Waals surface area contributed by atoms with Gasteiger partial charge >= 0.3 is 0 Å². The van der Waals surface area contributed by atoms with Gasteiger partial charge in [0.2, 0.25) is 0 Å². The second kappa shape index (κ2) is 10.8. The van der Waals surface area contributed by atoms with Gasteiger partial charge in [-0.2, -0.15) is 0 Å². The number of hydrogen-bond acceptors (Lipinski definition) is 5. The minimum atomic E-state index is 0.459. The summed E-state index contributed by atoms with van der Waals surface area (Å²) in [6.07, 6.45) is 11.1. The number of aldehydes is 1. The standard InChI is InChI=1S/C31H27NOS3/c33-21-26-15-16-28(34-26)29-19-20-31(36-29)30-18-17-27(35-30)22-11-13-25(14-12-22)32(23-7-3-1-4-8-23)24-9-5-2-6-10-24/h1-15,18,20-21,27-29H,16-17,19H2. The molecule has 6 rings (SSSR count). The van der Waals surface area contributed by atoms with Crippen molar-refractivity contribution in [3.8, 4) is 0 Å². The second-order valence-corrected chi connectivity index (χ2v) is 12.9. The van der Waals surface area contributed by atoms with Crippen LogP contribution in [0, 0.1) is 0 Å². The number of allylic oxidation sites excluding steroid dienone is 4. The van der Waals surface area contributed by atoms with Gasteiger partial charge in [-0.15, -0.1) is 35.3 Å². The Hall–Kier alpha value is -2.60. The SMILES string of the molecule is O=CC1=CCC(C2CC=C(C3=CCC(c4ccc(N(c5ccccc5)c5ccccc5)cc4)S3)S2)S1. The molecule has 3 aliphatic heterocycles. The molecule has 3 unspecified atom stereocenters. The molecule has 36 heavy (non-hydrogen) atoms. The van der Waals surface area contributed by atoms with Crippen LogP contribution in [0.5, 0.6) is 0 Å². The van der Waals surface area contributed by atoms with Crippen LogP contribution < -0.4 is 4.90 Å². The van der Waals surface area contributed by atoms with Gasteiger partial charge in [-0.05, 0) is 61.2 Å². The molecule has 0 radical (unpaired) electrons. The number of benzene rings is 3. The predicted molar refractivity (Wildman–Crippen MR) is 158 cm³/mol. The van der Waals surface area contributed by atoms with E-state index >= 15 is 0 Å². The third kappa shape index (κ3) is 4.97. The van der Waals surface area contributed by atoms with Crippen molar-refractivity contribution in [3.05, 3.63) is 123 Å². The first-order valence-corrected chi connectivity index (χ1v) is 15.0. The number of hydrogen-bond donors (Lipinski definition) is 0. The first kappa shape index (κ1) is 23.8. The number of nitrogens with zero attached hydrogens (tertiary/aromatic N) is 1. The summed E-state index contributed by atoms with van der Waals surface area (Å²) >= 11 is 5.77. The monoisotopic (exact) mass is 525 g/mol. The normalized spacial score (nSPS) is 23.2. The van der Waals surface area contributed by atoms with Gasteiger partial charge < -0.3 is 4.90 Å². The Labute approximate surface area is 225 Å². The van der Waals surface area contributed by atoms with Gasteiger partial charge in [0, 0.05) is 47.5 Å². The van der Waals surface area contributed by atoms with Gasteiger partial charge in [0.1, 0.15) is 0 Å². The highest BCUT2D eigenvalue weighted by molar-refractivity contribution is 8.10. The van der Waals surface area contributed by atoms with Crippen molar-refractivity contribution in [1.29, 1.82) is 0 Å². The minimum absolute atomic E-state index is 0.459. The third-order valence-corrected chi connectivity index (χ3v) is 11.3. The summed E-state index contributed by atoms with van der Waals surface area (Å²) in [6.45, 7) is 0. The zero-order valence-electron chi connectivity index (χ0n) is 19.8. The number of rotatable bonds is 7. The van der Waals surface area contributed by atoms with E-state index in [0.29, 0.717) is 15.7 Å². The fraction of sp³-hybridized carbons (Fsp3) is 0.194. The van der Waals surface area contributed by atoms with E-state index in [1.807, 2.05) is 23.5 Å². The van der Waals surface area contributed by atoms with Crippen LogP contribution in [0.2, 0.25) is 0 Å². The fourth-order valence-electron chi connectivity index (χ4n) is 4.94. The van der Waals surface area contributed by atoms with Gasteiger partial charge in [0.25, 0.3) is 0 Å². The summed E-state index contributed by atoms with van der Waals surface area (Å²) in [5.74, 6) is 0. The molecule has 0 saturated carbocycles. The van der Waals surface area contributed by atoms with Crippen LogP contribution in [-0.2, 0) is 4.79 Å². The lowest BCUT2D eigenvalue weighted by Crippen LogP contribution is -2.14. The maximum atomic E-state index is 11.1. The van der Waals surface area contributed by atoms with Crippen LogP contribution in [0.4, 0.5) is 17.1 Å². The number of anilines is 3. The Balaban J connectivity index is 1.13. The molecule has 0 amide bonds. The summed E-state index contributed by atoms with van der Waals surface area (Å²) in [7, 11) is 0. The van der Waals surface area contributed by atoms with E-state index in [9.17, 15) is 4.79 Å². The molecule has 0 aliphatic carbocycles. The molecule has 2 nitrogen and oxygen atoms in total. The van der Waals surface area contributed by atoms with E-state index in [1.165, 1.54) is 21.1 Å². The van der Waals surface area contributed by atoms with E-state index in [4.69, 9.17) is 0 Å². The van der Waals surface area contributed by atoms with Crippen LogP contribution in [-0.4, -0.2) is 16.8 Å². The quantitative estimate of drug-likeness (QED) is 0.286. The van der Waals surface area contributed by atoms with Crippen molar-refractivity contribution in [1.82, 2.24) is 0 Å². The summed E-state index contributed by atoms with van der Waals surface area (Å²) in [6, 6.07) is 30.2. The zero-order valence-corrected chi connectivity index (χ0v) is 22.3. The van der Waals surface area contributed by atoms with Crippen molar-refractivity contribution < 1.29 is 4.79 Å². The molecule has 0 spiro atoms. The van der Waals surface area contributed by atoms with Crippen LogP contribution in [0.15, 0.2) is 118 Å². The molecule has 0 fully saturated rings. The average Bonchev–Trinajstić information content (AvgIpc) is 3.71. The van der Waals surface area contributed by atoms with Gasteiger partial charge in [-0.25, -0.2) is 0 Å². The number of carbonyl (C=O) groups excluding carboxylic acids is 1. The highest BCUT2D eigenvalue weighted by Crippen LogP contribution is 2.54. The summed E-state index contributed by atoms with van der Waals surface area (Å²) < 4.78 is 0. The second-order valence-electron chi connectivity index (χ2n) is 9.09. The van der Waals surface area contributed by atoms with Crippen molar-refractivity contribution in [2.24, 2.45) is 0 Å². The zero-order chi connectivity index (χ0) is 24.3. The molecule has 3 atom stereocenters. The smallest absolute Gasteiger partial charge is 0.156 e. The van der Waals surface area contributed by atoms with Crippen molar-refractivity contribution in [2.75, 3.05) is 4.90 Å². The molecule has 0 bridgehead atoms. The molecule has 3 aromatic carbocycles. The van der Waals surface area contributed by atoms with Gasteiger partial charge in [-0.3, -0.25) is 4.79 Å². The minimum Gasteiger partial charge on any atom is -0.311 e. The van der Waals surface area contributed by atoms with Crippen molar-refractivity contribution in [3.63, 3.8) is 0 Å². The fourth-order valence-corrected chi connectivity index (χ4v) is 8.97. The number of para-hydroxylation sites is 2. The lowest BCUT2D eigenvalue weighted by atomic mass is 10.1. The van der Waals surface area contributed by atoms with Gasteiger partial charge in [0.15, 0.2) is 6.29 Å². The van der Waals surface area contributed by atoms with Crippen molar-refractivity contribution in [2.45, 2.75) is 35.0 Å². The molecular weight excluding hydrogens is 499 g/mol. The average molecular weight is 526 g/mol. The maximum Gasteiger partial charge on any atom is 0.156 e. The number of carbonyl (C=O) groups is 1. The Morgan fingerprint density at radius 2 is 1.17 bits per heavy atom. The van der Waals surface area contributed by atoms with E-state index < -0.39 is 0 Å². The third-order valence-electron chi connectivity index (χ3n) is 6.76. The first-order valence-electron chi connectivity index (χ1n) is 12.3.